The Hall–Kier alpha value is -0.710. The molecule has 0 heterocycles. The molecule has 0 spiro atoms. The van der Waals surface area contributed by atoms with Crippen molar-refractivity contribution >= 4 is 17.4 Å². The third-order valence-electron chi connectivity index (χ3n) is 2.03. The maximum absolute atomic E-state index is 9.81. The van der Waals surface area contributed by atoms with Crippen LogP contribution in [0.2, 0.25) is 0 Å². The molecular formula is C11H17NO2S. The molecule has 4 heteroatoms. The van der Waals surface area contributed by atoms with Gasteiger partial charge in [0.25, 0.3) is 0 Å². The number of thioether (sulfide) groups is 1. The van der Waals surface area contributed by atoms with Gasteiger partial charge in [-0.25, -0.2) is 0 Å². The highest BCUT2D eigenvalue weighted by atomic mass is 32.2. The Morgan fingerprint density at radius 1 is 1.40 bits per heavy atom. The van der Waals surface area contributed by atoms with Crippen LogP contribution < -0.4 is 5.73 Å². The van der Waals surface area contributed by atoms with Crippen LogP contribution in [-0.2, 0) is 4.74 Å². The summed E-state index contributed by atoms with van der Waals surface area (Å²) in [7, 11) is 1.68. The van der Waals surface area contributed by atoms with E-state index in [0.717, 1.165) is 23.6 Å². The molecule has 1 unspecified atom stereocenters. The molecule has 0 aliphatic rings. The van der Waals surface area contributed by atoms with E-state index in [2.05, 4.69) is 0 Å². The fourth-order valence-electron chi connectivity index (χ4n) is 1.15. The number of benzene rings is 1. The average molecular weight is 227 g/mol. The average Bonchev–Trinajstić information content (AvgIpc) is 2.25. The molecule has 15 heavy (non-hydrogen) atoms. The minimum atomic E-state index is -0.424. The summed E-state index contributed by atoms with van der Waals surface area (Å²) in [6, 6.07) is 7.32. The van der Waals surface area contributed by atoms with Crippen molar-refractivity contribution in [1.29, 1.82) is 0 Å². The van der Waals surface area contributed by atoms with Crippen molar-refractivity contribution in [1.82, 2.24) is 0 Å². The van der Waals surface area contributed by atoms with E-state index in [-0.39, 0.29) is 0 Å². The fourth-order valence-corrected chi connectivity index (χ4v) is 2.02. The molecule has 84 valence electrons. The number of hydrogen-bond acceptors (Lipinski definition) is 4. The molecule has 0 amide bonds. The Bertz CT molecular complexity index is 276. The Morgan fingerprint density at radius 3 is 2.67 bits per heavy atom. The van der Waals surface area contributed by atoms with Crippen molar-refractivity contribution in [2.75, 3.05) is 31.0 Å². The quantitative estimate of drug-likeness (QED) is 0.573. The molecule has 0 saturated carbocycles. The number of methoxy groups -OCH3 is 1. The van der Waals surface area contributed by atoms with Crippen molar-refractivity contribution in [3.8, 4) is 0 Å². The molecule has 1 aromatic rings. The molecule has 3 N–H and O–H groups in total. The molecule has 0 fully saturated rings. The van der Waals surface area contributed by atoms with E-state index < -0.39 is 6.10 Å². The summed E-state index contributed by atoms with van der Waals surface area (Å²) in [5.74, 6) is 1.59. The molecule has 0 aliphatic heterocycles. The standard InChI is InChI=1S/C11H17NO2S/c1-14-6-7-15-8-11(13)9-2-4-10(12)5-3-9/h2-5,11,13H,6-8,12H2,1H3. The third kappa shape index (κ3) is 4.55. The third-order valence-corrected chi connectivity index (χ3v) is 3.04. The minimum absolute atomic E-state index is 0.424. The van der Waals surface area contributed by atoms with E-state index in [1.54, 1.807) is 31.0 Å². The summed E-state index contributed by atoms with van der Waals surface area (Å²) in [5, 5.41) is 9.81. The first kappa shape index (κ1) is 12.4. The van der Waals surface area contributed by atoms with Gasteiger partial charge in [0.15, 0.2) is 0 Å². The second-order valence-electron chi connectivity index (χ2n) is 3.25. The molecular weight excluding hydrogens is 210 g/mol. The summed E-state index contributed by atoms with van der Waals surface area (Å²) >= 11 is 1.68. The van der Waals surface area contributed by atoms with Crippen LogP contribution in [-0.4, -0.2) is 30.3 Å². The summed E-state index contributed by atoms with van der Waals surface area (Å²) in [6.45, 7) is 0.721. The van der Waals surface area contributed by atoms with E-state index in [0.29, 0.717) is 5.75 Å². The van der Waals surface area contributed by atoms with E-state index in [4.69, 9.17) is 10.5 Å². The molecule has 1 rings (SSSR count). The molecule has 0 bridgehead atoms. The molecule has 0 aromatic heterocycles. The maximum atomic E-state index is 9.81. The SMILES string of the molecule is COCCSCC(O)c1ccc(N)cc1. The molecule has 1 atom stereocenters. The molecule has 1 aromatic carbocycles. The predicted molar refractivity (Wildman–Crippen MR) is 65.0 cm³/mol. The van der Waals surface area contributed by atoms with Crippen molar-refractivity contribution in [3.05, 3.63) is 29.8 Å². The predicted octanol–water partition coefficient (Wildman–Crippen LogP) is 1.68. The lowest BCUT2D eigenvalue weighted by atomic mass is 10.1. The summed E-state index contributed by atoms with van der Waals surface area (Å²) < 4.78 is 4.93. The minimum Gasteiger partial charge on any atom is -0.399 e. The van der Waals surface area contributed by atoms with Gasteiger partial charge in [-0.1, -0.05) is 12.1 Å². The monoisotopic (exact) mass is 227 g/mol. The van der Waals surface area contributed by atoms with Gasteiger partial charge in [0.1, 0.15) is 0 Å². The van der Waals surface area contributed by atoms with Gasteiger partial charge in [0, 0.05) is 24.3 Å². The number of aliphatic hydroxyl groups is 1. The topological polar surface area (TPSA) is 55.5 Å². The molecule has 0 saturated heterocycles. The number of nitrogen functional groups attached to an aromatic ring is 1. The van der Waals surface area contributed by atoms with Crippen molar-refractivity contribution in [3.63, 3.8) is 0 Å². The van der Waals surface area contributed by atoms with Crippen LogP contribution in [0.15, 0.2) is 24.3 Å². The Morgan fingerprint density at radius 2 is 2.07 bits per heavy atom. The molecule has 0 aliphatic carbocycles. The van der Waals surface area contributed by atoms with E-state index in [9.17, 15) is 5.11 Å². The Balaban J connectivity index is 2.33. The van der Waals surface area contributed by atoms with Gasteiger partial charge in [-0.2, -0.15) is 11.8 Å². The normalized spacial score (nSPS) is 12.7. The van der Waals surface area contributed by atoms with Gasteiger partial charge in [-0.05, 0) is 17.7 Å². The smallest absolute Gasteiger partial charge is 0.0880 e. The number of rotatable bonds is 6. The van der Waals surface area contributed by atoms with E-state index in [1.165, 1.54) is 0 Å². The number of anilines is 1. The van der Waals surface area contributed by atoms with Gasteiger partial charge in [0.2, 0.25) is 0 Å². The zero-order valence-electron chi connectivity index (χ0n) is 8.85. The highest BCUT2D eigenvalue weighted by Gasteiger charge is 2.06. The Kier molecular flexibility index (Phi) is 5.53. The van der Waals surface area contributed by atoms with Crippen LogP contribution in [0.4, 0.5) is 5.69 Å². The lowest BCUT2D eigenvalue weighted by molar-refractivity contribution is 0.203. The number of hydrogen-bond donors (Lipinski definition) is 2. The van der Waals surface area contributed by atoms with E-state index >= 15 is 0 Å². The van der Waals surface area contributed by atoms with Crippen LogP contribution in [0, 0.1) is 0 Å². The van der Waals surface area contributed by atoms with E-state index in [1.807, 2.05) is 12.1 Å². The lowest BCUT2D eigenvalue weighted by Crippen LogP contribution is -2.03. The van der Waals surface area contributed by atoms with Gasteiger partial charge in [-0.3, -0.25) is 0 Å². The first-order chi connectivity index (χ1) is 7.24. The van der Waals surface area contributed by atoms with Gasteiger partial charge in [-0.15, -0.1) is 0 Å². The highest BCUT2D eigenvalue weighted by molar-refractivity contribution is 7.99. The first-order valence-corrected chi connectivity index (χ1v) is 5.99. The molecule has 0 radical (unpaired) electrons. The van der Waals surface area contributed by atoms with Crippen LogP contribution >= 0.6 is 11.8 Å². The van der Waals surface area contributed by atoms with Gasteiger partial charge >= 0.3 is 0 Å². The lowest BCUT2D eigenvalue weighted by Gasteiger charge is -2.10. The van der Waals surface area contributed by atoms with Crippen LogP contribution in [0.25, 0.3) is 0 Å². The summed E-state index contributed by atoms with van der Waals surface area (Å²) in [6.07, 6.45) is -0.424. The number of aliphatic hydroxyl groups excluding tert-OH is 1. The maximum Gasteiger partial charge on any atom is 0.0880 e. The highest BCUT2D eigenvalue weighted by Crippen LogP contribution is 2.19. The number of nitrogens with two attached hydrogens (primary N) is 1. The van der Waals surface area contributed by atoms with Crippen LogP contribution in [0.1, 0.15) is 11.7 Å². The zero-order valence-corrected chi connectivity index (χ0v) is 9.67. The fraction of sp³-hybridized carbons (Fsp3) is 0.455. The van der Waals surface area contributed by atoms with Crippen molar-refractivity contribution in [2.24, 2.45) is 0 Å². The van der Waals surface area contributed by atoms with Crippen molar-refractivity contribution < 1.29 is 9.84 Å². The Labute approximate surface area is 94.6 Å². The van der Waals surface area contributed by atoms with Crippen LogP contribution in [0.3, 0.4) is 0 Å². The number of ether oxygens (including phenoxy) is 1. The van der Waals surface area contributed by atoms with Crippen molar-refractivity contribution in [2.45, 2.75) is 6.10 Å². The van der Waals surface area contributed by atoms with Gasteiger partial charge < -0.3 is 15.6 Å². The first-order valence-electron chi connectivity index (χ1n) is 4.84. The zero-order chi connectivity index (χ0) is 11.1. The molecule has 3 nitrogen and oxygen atoms in total. The van der Waals surface area contributed by atoms with Crippen LogP contribution in [0.5, 0.6) is 0 Å². The van der Waals surface area contributed by atoms with Gasteiger partial charge in [0.05, 0.1) is 12.7 Å². The summed E-state index contributed by atoms with van der Waals surface area (Å²) in [5.41, 5.74) is 7.19. The largest absolute Gasteiger partial charge is 0.399 e. The second-order valence-corrected chi connectivity index (χ2v) is 4.40. The summed E-state index contributed by atoms with van der Waals surface area (Å²) in [4.78, 5) is 0. The second kappa shape index (κ2) is 6.71.